The summed E-state index contributed by atoms with van der Waals surface area (Å²) in [5, 5.41) is 10.0. The van der Waals surface area contributed by atoms with Crippen LogP contribution in [0.4, 0.5) is 0 Å². The Balaban J connectivity index is 2.16. The molecule has 1 unspecified atom stereocenters. The van der Waals surface area contributed by atoms with Crippen molar-refractivity contribution in [3.63, 3.8) is 0 Å². The molecule has 0 bridgehead atoms. The Hall–Kier alpha value is -1.43. The minimum Gasteiger partial charge on any atom is -0.460 e. The van der Waals surface area contributed by atoms with Crippen LogP contribution in [0.15, 0.2) is 0 Å². The molecule has 0 aliphatic carbocycles. The summed E-state index contributed by atoms with van der Waals surface area (Å²) in [5.74, 6) is 0.325. The summed E-state index contributed by atoms with van der Waals surface area (Å²) in [6.07, 6.45) is 2.09. The molecule has 1 fully saturated rings. The summed E-state index contributed by atoms with van der Waals surface area (Å²) in [7, 11) is 0. The Morgan fingerprint density at radius 3 is 3.06 bits per heavy atom. The lowest BCUT2D eigenvalue weighted by Crippen LogP contribution is -2.34. The van der Waals surface area contributed by atoms with Gasteiger partial charge < -0.3 is 10.1 Å². The van der Waals surface area contributed by atoms with E-state index >= 15 is 0 Å². The molecule has 0 saturated carbocycles. The van der Waals surface area contributed by atoms with Crippen molar-refractivity contribution < 1.29 is 9.53 Å². The van der Waals surface area contributed by atoms with Crippen LogP contribution in [-0.4, -0.2) is 34.3 Å². The standard InChI is InChI=1S/C10H16N4O2/c1-3-16-8(15)7-12-9(14-13-7)10(2)5-4-6-11-10/h11H,3-6H2,1-2H3,(H,12,13,14). The van der Waals surface area contributed by atoms with Crippen LogP contribution >= 0.6 is 0 Å². The molecule has 2 heterocycles. The summed E-state index contributed by atoms with van der Waals surface area (Å²) in [4.78, 5) is 15.6. The molecular formula is C10H16N4O2. The lowest BCUT2D eigenvalue weighted by Gasteiger charge is -2.20. The fraction of sp³-hybridized carbons (Fsp3) is 0.700. The molecular weight excluding hydrogens is 208 g/mol. The highest BCUT2D eigenvalue weighted by Gasteiger charge is 2.34. The van der Waals surface area contributed by atoms with Gasteiger partial charge in [-0.15, -0.1) is 5.10 Å². The van der Waals surface area contributed by atoms with E-state index in [1.807, 2.05) is 0 Å². The minimum absolute atomic E-state index is 0.103. The zero-order valence-electron chi connectivity index (χ0n) is 9.54. The van der Waals surface area contributed by atoms with E-state index in [1.54, 1.807) is 6.92 Å². The molecule has 6 nitrogen and oxygen atoms in total. The van der Waals surface area contributed by atoms with Gasteiger partial charge in [-0.2, -0.15) is 0 Å². The van der Waals surface area contributed by atoms with Gasteiger partial charge in [-0.25, -0.2) is 9.78 Å². The summed E-state index contributed by atoms with van der Waals surface area (Å²) in [6, 6.07) is 0. The van der Waals surface area contributed by atoms with Gasteiger partial charge in [0.2, 0.25) is 0 Å². The first kappa shape index (κ1) is 11.1. The molecule has 0 aromatic carbocycles. The predicted octanol–water partition coefficient (Wildman–Crippen LogP) is 0.580. The average Bonchev–Trinajstić information content (AvgIpc) is 2.86. The van der Waals surface area contributed by atoms with Crippen molar-refractivity contribution >= 4 is 5.97 Å². The average molecular weight is 224 g/mol. The first-order valence-electron chi connectivity index (χ1n) is 5.51. The number of hydrogen-bond acceptors (Lipinski definition) is 5. The molecule has 1 aromatic rings. The van der Waals surface area contributed by atoms with Crippen molar-refractivity contribution in [2.24, 2.45) is 0 Å². The highest BCUT2D eigenvalue weighted by Crippen LogP contribution is 2.27. The van der Waals surface area contributed by atoms with Crippen LogP contribution in [0.3, 0.4) is 0 Å². The van der Waals surface area contributed by atoms with Gasteiger partial charge in [0.25, 0.3) is 5.82 Å². The van der Waals surface area contributed by atoms with Gasteiger partial charge in [0.05, 0.1) is 12.1 Å². The van der Waals surface area contributed by atoms with Crippen LogP contribution in [-0.2, 0) is 10.3 Å². The van der Waals surface area contributed by atoms with Gasteiger partial charge in [0.15, 0.2) is 0 Å². The molecule has 2 N–H and O–H groups in total. The number of aromatic amines is 1. The summed E-state index contributed by atoms with van der Waals surface area (Å²) in [6.45, 7) is 5.10. The third-order valence-electron chi connectivity index (χ3n) is 2.83. The first-order valence-corrected chi connectivity index (χ1v) is 5.51. The van der Waals surface area contributed by atoms with Crippen molar-refractivity contribution in [2.45, 2.75) is 32.2 Å². The smallest absolute Gasteiger partial charge is 0.378 e. The molecule has 16 heavy (non-hydrogen) atoms. The van der Waals surface area contributed by atoms with E-state index in [2.05, 4.69) is 27.4 Å². The van der Waals surface area contributed by atoms with Gasteiger partial charge in [-0.3, -0.25) is 5.10 Å². The van der Waals surface area contributed by atoms with Gasteiger partial charge in [-0.1, -0.05) is 0 Å². The molecule has 0 spiro atoms. The van der Waals surface area contributed by atoms with Crippen molar-refractivity contribution in [1.82, 2.24) is 20.5 Å². The van der Waals surface area contributed by atoms with E-state index in [-0.39, 0.29) is 11.4 Å². The number of carbonyl (C=O) groups excluding carboxylic acids is 1. The van der Waals surface area contributed by atoms with Crippen molar-refractivity contribution in [1.29, 1.82) is 0 Å². The molecule has 1 aromatic heterocycles. The Labute approximate surface area is 93.8 Å². The normalized spacial score (nSPS) is 24.6. The summed E-state index contributed by atoms with van der Waals surface area (Å²) >= 11 is 0. The SMILES string of the molecule is CCOC(=O)c1n[nH]c(C2(C)CCCN2)n1. The van der Waals surface area contributed by atoms with Crippen LogP contribution in [0.25, 0.3) is 0 Å². The number of rotatable bonds is 3. The van der Waals surface area contributed by atoms with Crippen LogP contribution < -0.4 is 5.32 Å². The number of esters is 1. The lowest BCUT2D eigenvalue weighted by atomic mass is 10.00. The molecule has 0 amide bonds. The molecule has 88 valence electrons. The Kier molecular flexibility index (Phi) is 2.91. The van der Waals surface area contributed by atoms with Crippen LogP contribution in [0, 0.1) is 0 Å². The molecule has 1 aliphatic rings. The van der Waals surface area contributed by atoms with E-state index in [1.165, 1.54) is 0 Å². The number of aromatic nitrogens is 3. The van der Waals surface area contributed by atoms with Crippen molar-refractivity contribution in [2.75, 3.05) is 13.2 Å². The number of carbonyl (C=O) groups is 1. The molecule has 1 atom stereocenters. The number of nitrogens with one attached hydrogen (secondary N) is 2. The zero-order chi connectivity index (χ0) is 11.6. The maximum atomic E-state index is 11.4. The van der Waals surface area contributed by atoms with E-state index in [0.717, 1.165) is 19.4 Å². The predicted molar refractivity (Wildman–Crippen MR) is 56.9 cm³/mol. The second kappa shape index (κ2) is 4.21. The Morgan fingerprint density at radius 1 is 1.62 bits per heavy atom. The maximum Gasteiger partial charge on any atom is 0.378 e. The summed E-state index contributed by atoms with van der Waals surface area (Å²) < 4.78 is 4.83. The molecule has 1 saturated heterocycles. The second-order valence-electron chi connectivity index (χ2n) is 4.09. The first-order chi connectivity index (χ1) is 7.65. The van der Waals surface area contributed by atoms with E-state index in [0.29, 0.717) is 12.4 Å². The van der Waals surface area contributed by atoms with Crippen LogP contribution in [0.2, 0.25) is 0 Å². The highest BCUT2D eigenvalue weighted by molar-refractivity contribution is 5.84. The lowest BCUT2D eigenvalue weighted by molar-refractivity contribution is 0.0512. The number of H-pyrrole nitrogens is 1. The largest absolute Gasteiger partial charge is 0.460 e. The fourth-order valence-corrected chi connectivity index (χ4v) is 1.89. The number of hydrogen-bond donors (Lipinski definition) is 2. The van der Waals surface area contributed by atoms with Crippen molar-refractivity contribution in [3.05, 3.63) is 11.6 Å². The van der Waals surface area contributed by atoms with E-state index in [9.17, 15) is 4.79 Å². The third kappa shape index (κ3) is 1.92. The second-order valence-corrected chi connectivity index (χ2v) is 4.09. The molecule has 1 aliphatic heterocycles. The topological polar surface area (TPSA) is 79.9 Å². The van der Waals surface area contributed by atoms with Crippen LogP contribution in [0.1, 0.15) is 43.1 Å². The third-order valence-corrected chi connectivity index (χ3v) is 2.83. The van der Waals surface area contributed by atoms with Gasteiger partial charge in [0.1, 0.15) is 5.82 Å². The van der Waals surface area contributed by atoms with Gasteiger partial charge in [-0.05, 0) is 33.2 Å². The van der Waals surface area contributed by atoms with E-state index in [4.69, 9.17) is 4.74 Å². The number of nitrogens with zero attached hydrogens (tertiary/aromatic N) is 2. The Morgan fingerprint density at radius 2 is 2.44 bits per heavy atom. The van der Waals surface area contributed by atoms with Crippen molar-refractivity contribution in [3.8, 4) is 0 Å². The monoisotopic (exact) mass is 224 g/mol. The quantitative estimate of drug-likeness (QED) is 0.734. The molecule has 2 rings (SSSR count). The van der Waals surface area contributed by atoms with Gasteiger partial charge >= 0.3 is 5.97 Å². The van der Waals surface area contributed by atoms with E-state index < -0.39 is 5.97 Å². The molecule has 0 radical (unpaired) electrons. The maximum absolute atomic E-state index is 11.4. The highest BCUT2D eigenvalue weighted by atomic mass is 16.5. The number of ether oxygens (including phenoxy) is 1. The minimum atomic E-state index is -0.480. The Bertz CT molecular complexity index is 382. The van der Waals surface area contributed by atoms with Crippen LogP contribution in [0.5, 0.6) is 0 Å². The van der Waals surface area contributed by atoms with Gasteiger partial charge in [0, 0.05) is 0 Å². The summed E-state index contributed by atoms with van der Waals surface area (Å²) in [5.41, 5.74) is -0.197. The zero-order valence-corrected chi connectivity index (χ0v) is 9.54. The fourth-order valence-electron chi connectivity index (χ4n) is 1.89. The molecule has 6 heteroatoms.